The van der Waals surface area contributed by atoms with Crippen molar-refractivity contribution in [2.75, 3.05) is 0 Å². The van der Waals surface area contributed by atoms with Gasteiger partial charge >= 0.3 is 0 Å². The largest absolute Gasteiger partial charge is 0.504 e. The standard InChI is InChI=1S/C19H14O4/c20-15-7-3-6-13(18(15)21)14-10-23-16-9-8-11-4-1-2-5-12(11)17(16)19(14)22/h2-3,5-10,20-21H,1,4H2. The van der Waals surface area contributed by atoms with Crippen LogP contribution in [0.15, 0.2) is 51.9 Å². The lowest BCUT2D eigenvalue weighted by molar-refractivity contribution is 0.405. The number of phenols is 2. The van der Waals surface area contributed by atoms with Gasteiger partial charge in [0.2, 0.25) is 5.43 Å². The van der Waals surface area contributed by atoms with Crippen molar-refractivity contribution < 1.29 is 14.6 Å². The molecule has 4 heteroatoms. The fraction of sp³-hybridized carbons (Fsp3) is 0.105. The molecule has 0 fully saturated rings. The second kappa shape index (κ2) is 5.02. The van der Waals surface area contributed by atoms with Crippen molar-refractivity contribution in [3.63, 3.8) is 0 Å². The fourth-order valence-corrected chi connectivity index (χ4v) is 3.07. The second-order valence-electron chi connectivity index (χ2n) is 5.60. The topological polar surface area (TPSA) is 70.7 Å². The number of hydrogen-bond acceptors (Lipinski definition) is 4. The van der Waals surface area contributed by atoms with Crippen molar-refractivity contribution in [3.8, 4) is 22.6 Å². The van der Waals surface area contributed by atoms with Gasteiger partial charge in [0, 0.05) is 5.56 Å². The summed E-state index contributed by atoms with van der Waals surface area (Å²) < 4.78 is 5.61. The molecule has 2 N–H and O–H groups in total. The number of aryl methyl sites for hydroxylation is 1. The predicted octanol–water partition coefficient (Wildman–Crippen LogP) is 3.83. The molecule has 23 heavy (non-hydrogen) atoms. The molecule has 114 valence electrons. The Balaban J connectivity index is 2.08. The first-order valence-electron chi connectivity index (χ1n) is 7.42. The Morgan fingerprint density at radius 2 is 1.91 bits per heavy atom. The summed E-state index contributed by atoms with van der Waals surface area (Å²) in [5.41, 5.74) is 2.80. The van der Waals surface area contributed by atoms with Gasteiger partial charge in [-0.2, -0.15) is 0 Å². The fourth-order valence-electron chi connectivity index (χ4n) is 3.07. The van der Waals surface area contributed by atoms with E-state index in [1.807, 2.05) is 18.2 Å². The summed E-state index contributed by atoms with van der Waals surface area (Å²) in [6.45, 7) is 0. The van der Waals surface area contributed by atoms with Crippen LogP contribution in [0.25, 0.3) is 28.2 Å². The maximum Gasteiger partial charge on any atom is 0.201 e. The van der Waals surface area contributed by atoms with Crippen LogP contribution in [0.1, 0.15) is 17.5 Å². The van der Waals surface area contributed by atoms with E-state index >= 15 is 0 Å². The van der Waals surface area contributed by atoms with E-state index in [-0.39, 0.29) is 28.1 Å². The Bertz CT molecular complexity index is 1010. The molecule has 4 nitrogen and oxygen atoms in total. The van der Waals surface area contributed by atoms with Crippen LogP contribution in [0.5, 0.6) is 11.5 Å². The molecular weight excluding hydrogens is 292 g/mol. The summed E-state index contributed by atoms with van der Waals surface area (Å²) in [4.78, 5) is 13.0. The number of fused-ring (bicyclic) bond motifs is 3. The lowest BCUT2D eigenvalue weighted by Crippen LogP contribution is -2.08. The van der Waals surface area contributed by atoms with Crippen LogP contribution in [-0.2, 0) is 6.42 Å². The molecule has 3 aromatic rings. The molecule has 0 atom stereocenters. The Morgan fingerprint density at radius 3 is 2.78 bits per heavy atom. The minimum atomic E-state index is -0.320. The van der Waals surface area contributed by atoms with Crippen LogP contribution < -0.4 is 5.43 Å². The average Bonchev–Trinajstić information content (AvgIpc) is 2.58. The molecule has 1 heterocycles. The number of hydrogen-bond donors (Lipinski definition) is 2. The SMILES string of the molecule is O=c1c(-c2cccc(O)c2O)coc2ccc3c(c12)C=CCC3. The maximum atomic E-state index is 13.0. The van der Waals surface area contributed by atoms with Crippen LogP contribution in [0.4, 0.5) is 0 Å². The molecule has 0 aliphatic heterocycles. The van der Waals surface area contributed by atoms with Gasteiger partial charge in [0.05, 0.1) is 10.9 Å². The van der Waals surface area contributed by atoms with Crippen molar-refractivity contribution in [1.29, 1.82) is 0 Å². The highest BCUT2D eigenvalue weighted by Gasteiger charge is 2.18. The normalized spacial score (nSPS) is 13.2. The van der Waals surface area contributed by atoms with Crippen LogP contribution in [-0.4, -0.2) is 10.2 Å². The van der Waals surface area contributed by atoms with Crippen LogP contribution in [0, 0.1) is 0 Å². The van der Waals surface area contributed by atoms with Crippen LogP contribution in [0.3, 0.4) is 0 Å². The lowest BCUT2D eigenvalue weighted by Gasteiger charge is -2.13. The Morgan fingerprint density at radius 1 is 1.04 bits per heavy atom. The van der Waals surface area contributed by atoms with Gasteiger partial charge in [-0.25, -0.2) is 0 Å². The van der Waals surface area contributed by atoms with Gasteiger partial charge in [0.15, 0.2) is 11.5 Å². The van der Waals surface area contributed by atoms with Crippen molar-refractivity contribution in [3.05, 3.63) is 64.0 Å². The Kier molecular flexibility index (Phi) is 2.98. The van der Waals surface area contributed by atoms with E-state index in [1.54, 1.807) is 18.2 Å². The first-order chi connectivity index (χ1) is 11.2. The number of para-hydroxylation sites is 1. The third-order valence-electron chi connectivity index (χ3n) is 4.24. The zero-order chi connectivity index (χ0) is 16.0. The second-order valence-corrected chi connectivity index (χ2v) is 5.60. The summed E-state index contributed by atoms with van der Waals surface area (Å²) in [7, 11) is 0. The lowest BCUT2D eigenvalue weighted by atomic mass is 9.93. The summed E-state index contributed by atoms with van der Waals surface area (Å²) in [6, 6.07) is 8.31. The summed E-state index contributed by atoms with van der Waals surface area (Å²) in [5, 5.41) is 20.2. The predicted molar refractivity (Wildman–Crippen MR) is 88.6 cm³/mol. The van der Waals surface area contributed by atoms with Crippen LogP contribution >= 0.6 is 0 Å². The first-order valence-corrected chi connectivity index (χ1v) is 7.42. The number of benzene rings is 2. The van der Waals surface area contributed by atoms with Gasteiger partial charge < -0.3 is 14.6 Å². The quantitative estimate of drug-likeness (QED) is 0.670. The molecule has 0 unspecified atom stereocenters. The van der Waals surface area contributed by atoms with E-state index < -0.39 is 0 Å². The van der Waals surface area contributed by atoms with Crippen molar-refractivity contribution >= 4 is 17.0 Å². The molecule has 0 amide bonds. The number of rotatable bonds is 1. The highest BCUT2D eigenvalue weighted by Crippen LogP contribution is 2.36. The molecule has 2 aromatic carbocycles. The van der Waals surface area contributed by atoms with E-state index in [0.717, 1.165) is 24.0 Å². The monoisotopic (exact) mass is 306 g/mol. The molecular formula is C19H14O4. The highest BCUT2D eigenvalue weighted by molar-refractivity contribution is 5.91. The molecule has 1 aliphatic carbocycles. The van der Waals surface area contributed by atoms with Gasteiger partial charge in [-0.1, -0.05) is 30.4 Å². The van der Waals surface area contributed by atoms with Gasteiger partial charge in [0.1, 0.15) is 11.8 Å². The Labute approximate surface area is 131 Å². The van der Waals surface area contributed by atoms with Gasteiger partial charge in [-0.05, 0) is 36.1 Å². The summed E-state index contributed by atoms with van der Waals surface area (Å²) in [5.74, 6) is -0.587. The minimum Gasteiger partial charge on any atom is -0.504 e. The van der Waals surface area contributed by atoms with Gasteiger partial charge in [-0.3, -0.25) is 4.79 Å². The Hall–Kier alpha value is -3.01. The minimum absolute atomic E-state index is 0.212. The summed E-state index contributed by atoms with van der Waals surface area (Å²) in [6.07, 6.45) is 7.17. The number of phenolic OH excluding ortho intramolecular Hbond substituents is 2. The molecule has 1 aromatic heterocycles. The third kappa shape index (κ3) is 2.03. The van der Waals surface area contributed by atoms with Gasteiger partial charge in [0.25, 0.3) is 0 Å². The van der Waals surface area contributed by atoms with Crippen molar-refractivity contribution in [2.24, 2.45) is 0 Å². The van der Waals surface area contributed by atoms with E-state index in [9.17, 15) is 15.0 Å². The van der Waals surface area contributed by atoms with Gasteiger partial charge in [-0.15, -0.1) is 0 Å². The maximum absolute atomic E-state index is 13.0. The number of aromatic hydroxyl groups is 2. The molecule has 0 spiro atoms. The molecule has 1 aliphatic rings. The first kappa shape index (κ1) is 13.6. The van der Waals surface area contributed by atoms with E-state index in [4.69, 9.17) is 4.42 Å². The van der Waals surface area contributed by atoms with E-state index in [2.05, 4.69) is 0 Å². The molecule has 0 saturated heterocycles. The summed E-state index contributed by atoms with van der Waals surface area (Å²) >= 11 is 0. The molecule has 0 bridgehead atoms. The van der Waals surface area contributed by atoms with E-state index in [0.29, 0.717) is 11.0 Å². The highest BCUT2D eigenvalue weighted by atomic mass is 16.3. The zero-order valence-corrected chi connectivity index (χ0v) is 12.2. The smallest absolute Gasteiger partial charge is 0.201 e. The molecule has 0 saturated carbocycles. The zero-order valence-electron chi connectivity index (χ0n) is 12.2. The average molecular weight is 306 g/mol. The van der Waals surface area contributed by atoms with Crippen molar-refractivity contribution in [2.45, 2.75) is 12.8 Å². The van der Waals surface area contributed by atoms with Crippen LogP contribution in [0.2, 0.25) is 0 Å². The third-order valence-corrected chi connectivity index (χ3v) is 4.24. The number of allylic oxidation sites excluding steroid dienone is 1. The molecule has 0 radical (unpaired) electrons. The molecule has 4 rings (SSSR count). The van der Waals surface area contributed by atoms with E-state index in [1.165, 1.54) is 12.3 Å². The van der Waals surface area contributed by atoms with Crippen molar-refractivity contribution in [1.82, 2.24) is 0 Å².